The Hall–Kier alpha value is -1.40. The van der Waals surface area contributed by atoms with Crippen LogP contribution in [0.25, 0.3) is 0 Å². The van der Waals surface area contributed by atoms with E-state index in [1.807, 2.05) is 7.05 Å². The van der Waals surface area contributed by atoms with Gasteiger partial charge in [0.1, 0.15) is 0 Å². The van der Waals surface area contributed by atoms with Crippen molar-refractivity contribution < 1.29 is 13.2 Å². The van der Waals surface area contributed by atoms with Gasteiger partial charge in [0.2, 0.25) is 10.0 Å². The molecule has 1 aromatic rings. The van der Waals surface area contributed by atoms with Gasteiger partial charge in [-0.1, -0.05) is 32.8 Å². The Labute approximate surface area is 157 Å². The van der Waals surface area contributed by atoms with Crippen LogP contribution < -0.4 is 0 Å². The minimum atomic E-state index is -3.57. The fourth-order valence-corrected chi connectivity index (χ4v) is 6.13. The lowest BCUT2D eigenvalue weighted by Gasteiger charge is -2.34. The molecule has 2 atom stereocenters. The first-order valence-electron chi connectivity index (χ1n) is 9.66. The number of hydrogen-bond acceptors (Lipinski definition) is 3. The molecule has 1 saturated heterocycles. The number of benzene rings is 1. The van der Waals surface area contributed by atoms with Gasteiger partial charge in [0.15, 0.2) is 0 Å². The molecular formula is C20H30N2O3S. The van der Waals surface area contributed by atoms with Gasteiger partial charge < -0.3 is 4.90 Å². The van der Waals surface area contributed by atoms with E-state index in [1.165, 1.54) is 0 Å². The van der Waals surface area contributed by atoms with Gasteiger partial charge in [-0.25, -0.2) is 8.42 Å². The number of nitrogens with zero attached hydrogens (tertiary/aromatic N) is 2. The molecule has 0 bridgehead atoms. The molecule has 0 unspecified atom stereocenters. The van der Waals surface area contributed by atoms with E-state index in [4.69, 9.17) is 0 Å². The van der Waals surface area contributed by atoms with Crippen molar-refractivity contribution in [1.82, 2.24) is 9.21 Å². The molecule has 3 rings (SSSR count). The van der Waals surface area contributed by atoms with Crippen LogP contribution in [0.3, 0.4) is 0 Å². The van der Waals surface area contributed by atoms with Gasteiger partial charge in [0, 0.05) is 31.7 Å². The molecule has 1 aromatic carbocycles. The lowest BCUT2D eigenvalue weighted by Crippen LogP contribution is -2.42. The summed E-state index contributed by atoms with van der Waals surface area (Å²) in [6, 6.07) is 6.82. The van der Waals surface area contributed by atoms with Crippen LogP contribution >= 0.6 is 0 Å². The second-order valence-corrected chi connectivity index (χ2v) is 10.1. The third-order valence-corrected chi connectivity index (χ3v) is 7.57. The zero-order valence-corrected chi connectivity index (χ0v) is 16.8. The molecule has 1 amide bonds. The van der Waals surface area contributed by atoms with Crippen molar-refractivity contribution in [2.45, 2.75) is 56.9 Å². The van der Waals surface area contributed by atoms with Crippen LogP contribution in [-0.4, -0.2) is 49.7 Å². The Balaban J connectivity index is 1.83. The van der Waals surface area contributed by atoms with Crippen molar-refractivity contribution in [3.63, 3.8) is 0 Å². The standard InChI is InChI=1S/C20H30N2O3S/c1-15-11-16(2)14-22(13-15)26(24,25)19-10-6-7-17(12-19)20(23)21(3)18-8-4-5-9-18/h6-7,10,12,15-16,18H,4-5,8-9,11,13-14H2,1-3H3/t15-,16+. The quantitative estimate of drug-likeness (QED) is 0.807. The summed E-state index contributed by atoms with van der Waals surface area (Å²) < 4.78 is 27.7. The van der Waals surface area contributed by atoms with Gasteiger partial charge in [-0.15, -0.1) is 0 Å². The summed E-state index contributed by atoms with van der Waals surface area (Å²) >= 11 is 0. The van der Waals surface area contributed by atoms with Crippen LogP contribution in [0, 0.1) is 11.8 Å². The highest BCUT2D eigenvalue weighted by atomic mass is 32.2. The van der Waals surface area contributed by atoms with Gasteiger partial charge in [-0.2, -0.15) is 4.31 Å². The first kappa shape index (κ1) is 19.4. The minimum absolute atomic E-state index is 0.0886. The number of piperidine rings is 1. The summed E-state index contributed by atoms with van der Waals surface area (Å²) in [7, 11) is -1.74. The molecule has 2 fully saturated rings. The van der Waals surface area contributed by atoms with E-state index < -0.39 is 10.0 Å². The summed E-state index contributed by atoms with van der Waals surface area (Å²) in [5.41, 5.74) is 0.457. The molecule has 5 nitrogen and oxygen atoms in total. The van der Waals surface area contributed by atoms with Crippen LogP contribution in [-0.2, 0) is 10.0 Å². The van der Waals surface area contributed by atoms with Crippen molar-refractivity contribution in [2.75, 3.05) is 20.1 Å². The Morgan fingerprint density at radius 2 is 1.73 bits per heavy atom. The van der Waals surface area contributed by atoms with Crippen molar-refractivity contribution >= 4 is 15.9 Å². The molecule has 2 aliphatic rings. The Morgan fingerprint density at radius 1 is 1.12 bits per heavy atom. The van der Waals surface area contributed by atoms with Crippen molar-refractivity contribution in [3.8, 4) is 0 Å². The van der Waals surface area contributed by atoms with Crippen molar-refractivity contribution in [3.05, 3.63) is 29.8 Å². The van der Waals surface area contributed by atoms with Gasteiger partial charge in [0.05, 0.1) is 4.90 Å². The molecule has 0 aromatic heterocycles. The fourth-order valence-electron chi connectivity index (χ4n) is 4.40. The molecule has 0 spiro atoms. The van der Waals surface area contributed by atoms with Crippen molar-refractivity contribution in [2.24, 2.45) is 11.8 Å². The van der Waals surface area contributed by atoms with Gasteiger partial charge in [-0.3, -0.25) is 4.79 Å². The number of rotatable bonds is 4. The third-order valence-electron chi connectivity index (χ3n) is 5.75. The largest absolute Gasteiger partial charge is 0.339 e. The minimum Gasteiger partial charge on any atom is -0.339 e. The highest BCUT2D eigenvalue weighted by Gasteiger charge is 2.32. The predicted molar refractivity (Wildman–Crippen MR) is 102 cm³/mol. The van der Waals surface area contributed by atoms with Crippen LogP contribution in [0.1, 0.15) is 56.3 Å². The smallest absolute Gasteiger partial charge is 0.253 e. The zero-order chi connectivity index (χ0) is 18.9. The zero-order valence-electron chi connectivity index (χ0n) is 16.0. The van der Waals surface area contributed by atoms with E-state index >= 15 is 0 Å². The second kappa shape index (κ2) is 7.69. The molecule has 144 valence electrons. The average Bonchev–Trinajstić information content (AvgIpc) is 3.14. The van der Waals surface area contributed by atoms with Crippen LogP contribution in [0.5, 0.6) is 0 Å². The number of sulfonamides is 1. The number of hydrogen-bond donors (Lipinski definition) is 0. The van der Waals surface area contributed by atoms with Gasteiger partial charge in [0.25, 0.3) is 5.91 Å². The summed E-state index contributed by atoms with van der Waals surface area (Å²) in [6.07, 6.45) is 5.42. The van der Waals surface area contributed by atoms with E-state index in [9.17, 15) is 13.2 Å². The number of carbonyl (C=O) groups is 1. The van der Waals surface area contributed by atoms with E-state index in [1.54, 1.807) is 33.5 Å². The Kier molecular flexibility index (Phi) is 5.72. The third kappa shape index (κ3) is 3.96. The average molecular weight is 379 g/mol. The molecule has 0 radical (unpaired) electrons. The molecule has 1 aliphatic heterocycles. The summed E-state index contributed by atoms with van der Waals surface area (Å²) in [4.78, 5) is 14.8. The molecule has 0 N–H and O–H groups in total. The maximum absolute atomic E-state index is 13.1. The summed E-state index contributed by atoms with van der Waals surface area (Å²) in [5.74, 6) is 0.619. The maximum atomic E-state index is 13.1. The fraction of sp³-hybridized carbons (Fsp3) is 0.650. The molecule has 26 heavy (non-hydrogen) atoms. The Morgan fingerprint density at radius 3 is 2.35 bits per heavy atom. The highest BCUT2D eigenvalue weighted by Crippen LogP contribution is 2.28. The SMILES string of the molecule is C[C@@H]1C[C@H](C)CN(S(=O)(=O)c2cccc(C(=O)N(C)C3CCCC3)c2)C1. The van der Waals surface area contributed by atoms with E-state index in [0.717, 1.165) is 32.1 Å². The lowest BCUT2D eigenvalue weighted by atomic mass is 9.94. The van der Waals surface area contributed by atoms with Crippen LogP contribution in [0.15, 0.2) is 29.2 Å². The first-order chi connectivity index (χ1) is 12.3. The monoisotopic (exact) mass is 378 g/mol. The van der Waals surface area contributed by atoms with Crippen LogP contribution in [0.2, 0.25) is 0 Å². The molecule has 1 saturated carbocycles. The van der Waals surface area contributed by atoms with E-state index in [2.05, 4.69) is 13.8 Å². The van der Waals surface area contributed by atoms with Crippen LogP contribution in [0.4, 0.5) is 0 Å². The van der Waals surface area contributed by atoms with E-state index in [0.29, 0.717) is 30.5 Å². The lowest BCUT2D eigenvalue weighted by molar-refractivity contribution is 0.0735. The normalized spacial score (nSPS) is 25.3. The number of carbonyl (C=O) groups excluding carboxylic acids is 1. The molecule has 1 aliphatic carbocycles. The maximum Gasteiger partial charge on any atom is 0.253 e. The molecule has 1 heterocycles. The molecule has 6 heteroatoms. The summed E-state index contributed by atoms with van der Waals surface area (Å²) in [6.45, 7) is 5.28. The molecular weight excluding hydrogens is 348 g/mol. The van der Waals surface area contributed by atoms with Gasteiger partial charge in [-0.05, 0) is 49.3 Å². The highest BCUT2D eigenvalue weighted by molar-refractivity contribution is 7.89. The van der Waals surface area contributed by atoms with Crippen molar-refractivity contribution in [1.29, 1.82) is 0 Å². The summed E-state index contributed by atoms with van der Waals surface area (Å²) in [5, 5.41) is 0. The number of amides is 1. The van der Waals surface area contributed by atoms with Gasteiger partial charge >= 0.3 is 0 Å². The Bertz CT molecular complexity index is 746. The first-order valence-corrected chi connectivity index (χ1v) is 11.1. The second-order valence-electron chi connectivity index (χ2n) is 8.15. The van der Waals surface area contributed by atoms with E-state index in [-0.39, 0.29) is 16.8 Å². The predicted octanol–water partition coefficient (Wildman–Crippen LogP) is 3.37. The topological polar surface area (TPSA) is 57.7 Å².